The van der Waals surface area contributed by atoms with Crippen LogP contribution in [0.2, 0.25) is 0 Å². The summed E-state index contributed by atoms with van der Waals surface area (Å²) in [7, 11) is 0. The fourth-order valence-corrected chi connectivity index (χ4v) is 2.99. The third-order valence-corrected chi connectivity index (χ3v) is 3.85. The molecule has 1 aromatic rings. The van der Waals surface area contributed by atoms with Gasteiger partial charge in [-0.1, -0.05) is 36.7 Å². The predicted octanol–water partition coefficient (Wildman–Crippen LogP) is 4.16. The highest BCUT2D eigenvalue weighted by atomic mass is 79.9. The van der Waals surface area contributed by atoms with Crippen LogP contribution in [0.3, 0.4) is 0 Å². The van der Waals surface area contributed by atoms with Crippen LogP contribution in [0.25, 0.3) is 0 Å². The summed E-state index contributed by atoms with van der Waals surface area (Å²) >= 11 is 6.81. The minimum atomic E-state index is -0.171. The van der Waals surface area contributed by atoms with Crippen molar-refractivity contribution in [3.8, 4) is 0 Å². The van der Waals surface area contributed by atoms with E-state index >= 15 is 0 Å². The van der Waals surface area contributed by atoms with Crippen LogP contribution in [0.1, 0.15) is 27.2 Å². The Morgan fingerprint density at radius 3 is 2.47 bits per heavy atom. The molecule has 0 saturated heterocycles. The standard InChI is InChI=1S/C14H20Br2N2O/c1-14(2,3)7-9(8-17)13(19)18-12-5-4-10(15)6-11(12)16/h4-6,9H,7-8,17H2,1-3H3,(H,18,19). The Hall–Kier alpha value is -0.390. The van der Waals surface area contributed by atoms with Gasteiger partial charge in [-0.3, -0.25) is 4.79 Å². The molecule has 1 aromatic carbocycles. The van der Waals surface area contributed by atoms with Gasteiger partial charge in [0.1, 0.15) is 0 Å². The normalized spacial score (nSPS) is 13.2. The molecule has 1 amide bonds. The van der Waals surface area contributed by atoms with Crippen molar-refractivity contribution in [2.24, 2.45) is 17.1 Å². The Morgan fingerprint density at radius 2 is 2.00 bits per heavy atom. The first-order chi connectivity index (χ1) is 8.73. The van der Waals surface area contributed by atoms with Crippen LogP contribution >= 0.6 is 31.9 Å². The van der Waals surface area contributed by atoms with E-state index in [1.165, 1.54) is 0 Å². The highest BCUT2D eigenvalue weighted by Crippen LogP contribution is 2.28. The van der Waals surface area contributed by atoms with E-state index in [-0.39, 0.29) is 17.2 Å². The molecule has 0 aliphatic rings. The second kappa shape index (κ2) is 6.86. The van der Waals surface area contributed by atoms with Crippen LogP contribution in [-0.4, -0.2) is 12.5 Å². The van der Waals surface area contributed by atoms with Crippen LogP contribution in [0.5, 0.6) is 0 Å². The largest absolute Gasteiger partial charge is 0.330 e. The molecule has 1 atom stereocenters. The topological polar surface area (TPSA) is 55.1 Å². The van der Waals surface area contributed by atoms with Crippen LogP contribution in [-0.2, 0) is 4.79 Å². The Balaban J connectivity index is 2.77. The molecular formula is C14H20Br2N2O. The molecule has 3 nitrogen and oxygen atoms in total. The van der Waals surface area contributed by atoms with E-state index < -0.39 is 0 Å². The summed E-state index contributed by atoms with van der Waals surface area (Å²) in [6.07, 6.45) is 0.767. The summed E-state index contributed by atoms with van der Waals surface area (Å²) < 4.78 is 1.81. The van der Waals surface area contributed by atoms with E-state index in [9.17, 15) is 4.79 Å². The maximum absolute atomic E-state index is 12.2. The molecule has 0 radical (unpaired) electrons. The second-order valence-electron chi connectivity index (χ2n) is 5.81. The highest BCUT2D eigenvalue weighted by Gasteiger charge is 2.24. The fourth-order valence-electron chi connectivity index (χ4n) is 1.85. The quantitative estimate of drug-likeness (QED) is 0.809. The number of anilines is 1. The summed E-state index contributed by atoms with van der Waals surface area (Å²) in [6.45, 7) is 6.69. The summed E-state index contributed by atoms with van der Waals surface area (Å²) in [5.41, 5.74) is 6.56. The predicted molar refractivity (Wildman–Crippen MR) is 87.1 cm³/mol. The van der Waals surface area contributed by atoms with Crippen LogP contribution < -0.4 is 11.1 Å². The number of nitrogens with one attached hydrogen (secondary N) is 1. The SMILES string of the molecule is CC(C)(C)CC(CN)C(=O)Nc1ccc(Br)cc1Br. The lowest BCUT2D eigenvalue weighted by molar-refractivity contribution is -0.120. The zero-order valence-electron chi connectivity index (χ0n) is 11.5. The zero-order valence-corrected chi connectivity index (χ0v) is 14.6. The number of nitrogens with two attached hydrogens (primary N) is 1. The highest BCUT2D eigenvalue weighted by molar-refractivity contribution is 9.11. The number of rotatable bonds is 4. The first-order valence-corrected chi connectivity index (χ1v) is 7.77. The molecule has 0 aliphatic carbocycles. The molecule has 0 aliphatic heterocycles. The van der Waals surface area contributed by atoms with Gasteiger partial charge in [-0.2, -0.15) is 0 Å². The van der Waals surface area contributed by atoms with Crippen molar-refractivity contribution in [3.05, 3.63) is 27.1 Å². The number of halogens is 2. The lowest BCUT2D eigenvalue weighted by Gasteiger charge is -2.24. The molecular weight excluding hydrogens is 372 g/mol. The maximum atomic E-state index is 12.2. The van der Waals surface area contributed by atoms with Gasteiger partial charge in [0.05, 0.1) is 11.6 Å². The Labute approximate surface area is 131 Å². The Kier molecular flexibility index (Phi) is 6.02. The van der Waals surface area contributed by atoms with Gasteiger partial charge in [-0.25, -0.2) is 0 Å². The molecule has 19 heavy (non-hydrogen) atoms. The fraction of sp³-hybridized carbons (Fsp3) is 0.500. The monoisotopic (exact) mass is 390 g/mol. The molecule has 3 N–H and O–H groups in total. The first kappa shape index (κ1) is 16.7. The summed E-state index contributed by atoms with van der Waals surface area (Å²) in [5, 5.41) is 2.92. The Morgan fingerprint density at radius 1 is 1.37 bits per heavy atom. The van der Waals surface area contributed by atoms with Crippen molar-refractivity contribution in [2.75, 3.05) is 11.9 Å². The molecule has 0 spiro atoms. The molecule has 5 heteroatoms. The van der Waals surface area contributed by atoms with Crippen molar-refractivity contribution < 1.29 is 4.79 Å². The van der Waals surface area contributed by atoms with Crippen molar-refractivity contribution in [3.63, 3.8) is 0 Å². The lowest BCUT2D eigenvalue weighted by atomic mass is 9.84. The number of amides is 1. The van der Waals surface area contributed by atoms with Gasteiger partial charge in [0, 0.05) is 15.5 Å². The third-order valence-electron chi connectivity index (χ3n) is 2.70. The third kappa shape index (κ3) is 5.63. The summed E-state index contributed by atoms with van der Waals surface area (Å²) in [4.78, 5) is 12.2. The van der Waals surface area contributed by atoms with Gasteiger partial charge in [0.15, 0.2) is 0 Å². The molecule has 0 heterocycles. The molecule has 1 unspecified atom stereocenters. The van der Waals surface area contributed by atoms with E-state index in [1.807, 2.05) is 18.2 Å². The van der Waals surface area contributed by atoms with Crippen molar-refractivity contribution in [2.45, 2.75) is 27.2 Å². The van der Waals surface area contributed by atoms with Crippen LogP contribution in [0.15, 0.2) is 27.1 Å². The number of carbonyl (C=O) groups excluding carboxylic acids is 1. The molecule has 106 valence electrons. The lowest BCUT2D eigenvalue weighted by Crippen LogP contribution is -2.32. The molecule has 0 fully saturated rings. The van der Waals surface area contributed by atoms with E-state index in [0.717, 1.165) is 21.1 Å². The number of hydrogen-bond acceptors (Lipinski definition) is 2. The summed E-state index contributed by atoms with van der Waals surface area (Å²) in [5.74, 6) is -0.198. The van der Waals surface area contributed by atoms with Gasteiger partial charge in [0.25, 0.3) is 0 Å². The molecule has 0 aromatic heterocycles. The van der Waals surface area contributed by atoms with E-state index in [2.05, 4.69) is 57.9 Å². The minimum absolute atomic E-state index is 0.0274. The Bertz CT molecular complexity index is 455. The van der Waals surface area contributed by atoms with Crippen molar-refractivity contribution in [1.82, 2.24) is 0 Å². The van der Waals surface area contributed by atoms with Crippen LogP contribution in [0.4, 0.5) is 5.69 Å². The first-order valence-electron chi connectivity index (χ1n) is 6.19. The van der Waals surface area contributed by atoms with E-state index in [4.69, 9.17) is 5.73 Å². The van der Waals surface area contributed by atoms with Crippen LogP contribution in [0, 0.1) is 11.3 Å². The zero-order chi connectivity index (χ0) is 14.6. The molecule has 0 saturated carbocycles. The minimum Gasteiger partial charge on any atom is -0.330 e. The van der Waals surface area contributed by atoms with Gasteiger partial charge in [0.2, 0.25) is 5.91 Å². The van der Waals surface area contributed by atoms with Gasteiger partial charge >= 0.3 is 0 Å². The van der Waals surface area contributed by atoms with E-state index in [1.54, 1.807) is 0 Å². The van der Waals surface area contributed by atoms with Gasteiger partial charge < -0.3 is 11.1 Å². The average molecular weight is 392 g/mol. The summed E-state index contributed by atoms with van der Waals surface area (Å²) in [6, 6.07) is 5.65. The maximum Gasteiger partial charge on any atom is 0.228 e. The smallest absolute Gasteiger partial charge is 0.228 e. The van der Waals surface area contributed by atoms with E-state index in [0.29, 0.717) is 6.54 Å². The number of benzene rings is 1. The van der Waals surface area contributed by atoms with Crippen molar-refractivity contribution >= 4 is 43.5 Å². The van der Waals surface area contributed by atoms with Gasteiger partial charge in [-0.05, 0) is 46.0 Å². The van der Waals surface area contributed by atoms with Gasteiger partial charge in [-0.15, -0.1) is 0 Å². The average Bonchev–Trinajstić information content (AvgIpc) is 2.28. The molecule has 1 rings (SSSR count). The molecule has 0 bridgehead atoms. The second-order valence-corrected chi connectivity index (χ2v) is 7.58. The van der Waals surface area contributed by atoms with Crippen molar-refractivity contribution in [1.29, 1.82) is 0 Å². The number of hydrogen-bond donors (Lipinski definition) is 2. The number of carbonyl (C=O) groups is 1.